The highest BCUT2D eigenvalue weighted by atomic mass is 32.1. The van der Waals surface area contributed by atoms with Gasteiger partial charge in [-0.1, -0.05) is 0 Å². The van der Waals surface area contributed by atoms with Crippen LogP contribution in [0.25, 0.3) is 21.3 Å². The van der Waals surface area contributed by atoms with E-state index in [2.05, 4.69) is 4.98 Å². The fourth-order valence-electron chi connectivity index (χ4n) is 2.11. The summed E-state index contributed by atoms with van der Waals surface area (Å²) in [7, 11) is 0. The number of carboxylic acid groups (broad SMARTS) is 1. The number of aromatic nitrogens is 1. The third-order valence-corrected chi connectivity index (χ3v) is 4.10. The number of benzene rings is 2. The number of rotatable bonds is 2. The molecule has 0 atom stereocenters. The number of carbonyl (C=O) groups is 1. The molecule has 1 heterocycles. The summed E-state index contributed by atoms with van der Waals surface area (Å²) in [6.07, 6.45) is 1.19. The first kappa shape index (κ1) is 14.1. The van der Waals surface area contributed by atoms with Gasteiger partial charge in [-0.05, 0) is 18.2 Å². The molecule has 7 heteroatoms. The van der Waals surface area contributed by atoms with Crippen molar-refractivity contribution in [1.82, 2.24) is 4.98 Å². The maximum Gasteiger partial charge on any atom is 0.347 e. The Bertz CT molecular complexity index is 960. The van der Waals surface area contributed by atoms with Crippen LogP contribution in [0.2, 0.25) is 0 Å². The second-order valence-corrected chi connectivity index (χ2v) is 5.48. The molecular formula is C15H6F2N2O2S. The number of fused-ring (bicyclic) bond motifs is 1. The number of halogens is 2. The third-order valence-electron chi connectivity index (χ3n) is 3.07. The first-order chi connectivity index (χ1) is 10.5. The lowest BCUT2D eigenvalue weighted by atomic mass is 10.0. The second-order valence-electron chi connectivity index (χ2n) is 4.45. The van der Waals surface area contributed by atoms with Crippen molar-refractivity contribution >= 4 is 28.1 Å². The minimum absolute atomic E-state index is 0.0354. The first-order valence-corrected chi connectivity index (χ1v) is 6.83. The van der Waals surface area contributed by atoms with Crippen LogP contribution in [0, 0.1) is 23.0 Å². The van der Waals surface area contributed by atoms with E-state index < -0.39 is 17.6 Å². The van der Waals surface area contributed by atoms with Gasteiger partial charge < -0.3 is 5.11 Å². The van der Waals surface area contributed by atoms with Gasteiger partial charge in [0, 0.05) is 22.4 Å². The van der Waals surface area contributed by atoms with Crippen molar-refractivity contribution in [3.63, 3.8) is 0 Å². The molecule has 0 aliphatic heterocycles. The van der Waals surface area contributed by atoms with Crippen LogP contribution >= 0.6 is 11.3 Å². The van der Waals surface area contributed by atoms with Crippen LogP contribution in [0.1, 0.15) is 15.2 Å². The molecule has 1 aromatic heterocycles. The van der Waals surface area contributed by atoms with Crippen LogP contribution < -0.4 is 0 Å². The number of carboxylic acids is 1. The van der Waals surface area contributed by atoms with E-state index in [0.29, 0.717) is 10.6 Å². The van der Waals surface area contributed by atoms with Crippen molar-refractivity contribution in [2.75, 3.05) is 0 Å². The zero-order valence-electron chi connectivity index (χ0n) is 10.8. The lowest BCUT2D eigenvalue weighted by Gasteiger charge is -2.05. The molecule has 2 aromatic carbocycles. The summed E-state index contributed by atoms with van der Waals surface area (Å²) >= 11 is 0.914. The minimum atomic E-state index is -1.11. The molecule has 3 rings (SSSR count). The van der Waals surface area contributed by atoms with Crippen molar-refractivity contribution in [3.8, 4) is 16.6 Å². The van der Waals surface area contributed by atoms with Gasteiger partial charge >= 0.3 is 5.97 Å². The Kier molecular flexibility index (Phi) is 3.31. The fraction of sp³-hybridized carbons (Fsp3) is 0. The van der Waals surface area contributed by atoms with E-state index in [0.717, 1.165) is 23.5 Å². The predicted octanol–water partition coefficient (Wildman–Crippen LogP) is 3.81. The Morgan fingerprint density at radius 3 is 2.64 bits per heavy atom. The largest absolute Gasteiger partial charge is 0.477 e. The Labute approximate surface area is 126 Å². The number of nitrogens with zero attached hydrogens (tertiary/aromatic N) is 2. The number of hydrogen-bond acceptors (Lipinski definition) is 4. The zero-order chi connectivity index (χ0) is 15.9. The number of aromatic carboxylic acids is 1. The maximum atomic E-state index is 13.9. The molecule has 108 valence electrons. The topological polar surface area (TPSA) is 74.0 Å². The van der Waals surface area contributed by atoms with Crippen molar-refractivity contribution in [1.29, 1.82) is 5.26 Å². The van der Waals surface area contributed by atoms with E-state index in [-0.39, 0.29) is 21.2 Å². The van der Waals surface area contributed by atoms with Crippen molar-refractivity contribution in [3.05, 3.63) is 52.5 Å². The molecule has 0 aliphatic rings. The smallest absolute Gasteiger partial charge is 0.347 e. The van der Waals surface area contributed by atoms with E-state index in [1.54, 1.807) is 0 Å². The standard InChI is InChI=1S/C15H6F2N2O2S/c16-9-3-10-8(5-18)1-7(2-11(10)12(17)4-9)14-19-6-13(22-14)15(20)21/h1-4,6H,(H,20,21). The molecule has 0 saturated carbocycles. The average molecular weight is 316 g/mol. The fourth-order valence-corrected chi connectivity index (χ4v) is 2.85. The lowest BCUT2D eigenvalue weighted by molar-refractivity contribution is 0.0702. The molecule has 0 aliphatic carbocycles. The Morgan fingerprint density at radius 2 is 2.00 bits per heavy atom. The summed E-state index contributed by atoms with van der Waals surface area (Å²) in [4.78, 5) is 14.9. The SMILES string of the molecule is N#Cc1cc(-c2ncc(C(=O)O)s2)cc2c(F)cc(F)cc12. The molecule has 0 unspecified atom stereocenters. The van der Waals surface area contributed by atoms with Gasteiger partial charge in [0.05, 0.1) is 17.8 Å². The molecule has 0 bridgehead atoms. The maximum absolute atomic E-state index is 13.9. The highest BCUT2D eigenvalue weighted by molar-refractivity contribution is 7.16. The molecule has 0 fully saturated rings. The summed E-state index contributed by atoms with van der Waals surface area (Å²) in [5.74, 6) is -2.67. The summed E-state index contributed by atoms with van der Waals surface area (Å²) in [6.45, 7) is 0. The number of thiazole rings is 1. The monoisotopic (exact) mass is 316 g/mol. The Morgan fingerprint density at radius 1 is 1.23 bits per heavy atom. The van der Waals surface area contributed by atoms with E-state index in [1.165, 1.54) is 18.3 Å². The third kappa shape index (κ3) is 2.29. The van der Waals surface area contributed by atoms with Crippen LogP contribution in [-0.4, -0.2) is 16.1 Å². The van der Waals surface area contributed by atoms with Crippen molar-refractivity contribution in [2.24, 2.45) is 0 Å². The van der Waals surface area contributed by atoms with Gasteiger partial charge in [0.1, 0.15) is 21.5 Å². The molecule has 4 nitrogen and oxygen atoms in total. The molecule has 0 amide bonds. The van der Waals surface area contributed by atoms with Gasteiger partial charge in [-0.3, -0.25) is 0 Å². The normalized spacial score (nSPS) is 10.6. The number of nitriles is 1. The molecule has 0 spiro atoms. The van der Waals surface area contributed by atoms with Crippen LogP contribution in [0.3, 0.4) is 0 Å². The average Bonchev–Trinajstić information content (AvgIpc) is 2.96. The van der Waals surface area contributed by atoms with Crippen LogP contribution in [0.15, 0.2) is 30.5 Å². The molecular weight excluding hydrogens is 310 g/mol. The van der Waals surface area contributed by atoms with Crippen LogP contribution in [0.4, 0.5) is 8.78 Å². The zero-order valence-corrected chi connectivity index (χ0v) is 11.6. The van der Waals surface area contributed by atoms with E-state index >= 15 is 0 Å². The first-order valence-electron chi connectivity index (χ1n) is 6.02. The molecule has 0 radical (unpaired) electrons. The van der Waals surface area contributed by atoms with E-state index in [4.69, 9.17) is 5.11 Å². The van der Waals surface area contributed by atoms with Gasteiger partial charge in [0.15, 0.2) is 0 Å². The molecule has 0 saturated heterocycles. The molecule has 1 N–H and O–H groups in total. The van der Waals surface area contributed by atoms with Gasteiger partial charge in [-0.25, -0.2) is 18.6 Å². The van der Waals surface area contributed by atoms with E-state index in [9.17, 15) is 18.8 Å². The molecule has 3 aromatic rings. The summed E-state index contributed by atoms with van der Waals surface area (Å²) < 4.78 is 27.2. The van der Waals surface area contributed by atoms with Gasteiger partial charge in [0.25, 0.3) is 0 Å². The Balaban J connectivity index is 2.27. The van der Waals surface area contributed by atoms with Crippen molar-refractivity contribution < 1.29 is 18.7 Å². The quantitative estimate of drug-likeness (QED) is 0.780. The number of hydrogen-bond donors (Lipinski definition) is 1. The summed E-state index contributed by atoms with van der Waals surface area (Å²) in [5, 5.41) is 18.7. The summed E-state index contributed by atoms with van der Waals surface area (Å²) in [5.41, 5.74) is 0.505. The van der Waals surface area contributed by atoms with Crippen LogP contribution in [-0.2, 0) is 0 Å². The Hall–Kier alpha value is -2.85. The predicted molar refractivity (Wildman–Crippen MR) is 76.6 cm³/mol. The highest BCUT2D eigenvalue weighted by Crippen LogP contribution is 2.32. The molecule has 22 heavy (non-hydrogen) atoms. The summed E-state index contributed by atoms with van der Waals surface area (Å²) in [6, 6.07) is 6.58. The van der Waals surface area contributed by atoms with Crippen LogP contribution in [0.5, 0.6) is 0 Å². The van der Waals surface area contributed by atoms with E-state index in [1.807, 2.05) is 6.07 Å². The van der Waals surface area contributed by atoms with Crippen molar-refractivity contribution in [2.45, 2.75) is 0 Å². The minimum Gasteiger partial charge on any atom is -0.477 e. The van der Waals surface area contributed by atoms with Gasteiger partial charge in [-0.15, -0.1) is 11.3 Å². The second kappa shape index (κ2) is 5.16. The van der Waals surface area contributed by atoms with Gasteiger partial charge in [-0.2, -0.15) is 5.26 Å². The highest BCUT2D eigenvalue weighted by Gasteiger charge is 2.14. The van der Waals surface area contributed by atoms with Gasteiger partial charge in [0.2, 0.25) is 0 Å². The lowest BCUT2D eigenvalue weighted by Crippen LogP contribution is -1.90.